The first kappa shape index (κ1) is 10.6. The van der Waals surface area contributed by atoms with Crippen molar-refractivity contribution in [3.05, 3.63) is 42.1 Å². The van der Waals surface area contributed by atoms with E-state index in [0.717, 1.165) is 34.5 Å². The number of fused-ring (bicyclic) bond motifs is 2. The zero-order valence-corrected chi connectivity index (χ0v) is 10.5. The van der Waals surface area contributed by atoms with Crippen molar-refractivity contribution in [2.75, 3.05) is 0 Å². The number of hydrogen-bond donors (Lipinski definition) is 2. The third-order valence-corrected chi connectivity index (χ3v) is 3.69. The van der Waals surface area contributed by atoms with E-state index in [1.54, 1.807) is 6.33 Å². The van der Waals surface area contributed by atoms with Gasteiger partial charge in [-0.2, -0.15) is 0 Å². The molecule has 3 aromatic rings. The molecule has 94 valence electrons. The van der Waals surface area contributed by atoms with Gasteiger partial charge in [0.2, 0.25) is 0 Å². The highest BCUT2D eigenvalue weighted by atomic mass is 15.0. The lowest BCUT2D eigenvalue weighted by atomic mass is 10.0. The molecule has 1 unspecified atom stereocenters. The maximum absolute atomic E-state index is 4.49. The molecule has 19 heavy (non-hydrogen) atoms. The van der Waals surface area contributed by atoms with Crippen molar-refractivity contribution in [3.63, 3.8) is 0 Å². The monoisotopic (exact) mass is 251 g/mol. The summed E-state index contributed by atoms with van der Waals surface area (Å²) in [5, 5.41) is 4.51. The summed E-state index contributed by atoms with van der Waals surface area (Å²) in [6.45, 7) is 2.95. The van der Waals surface area contributed by atoms with Crippen LogP contribution >= 0.6 is 0 Å². The summed E-state index contributed by atoms with van der Waals surface area (Å²) in [7, 11) is 0. The van der Waals surface area contributed by atoms with Crippen LogP contribution in [-0.4, -0.2) is 19.9 Å². The Labute approximate surface area is 110 Å². The van der Waals surface area contributed by atoms with Crippen molar-refractivity contribution in [3.8, 4) is 11.3 Å². The maximum atomic E-state index is 4.49. The minimum absolute atomic E-state index is 0.292. The van der Waals surface area contributed by atoms with E-state index in [9.17, 15) is 0 Å². The van der Waals surface area contributed by atoms with Gasteiger partial charge in [0.15, 0.2) is 0 Å². The zero-order valence-electron chi connectivity index (χ0n) is 10.5. The van der Waals surface area contributed by atoms with E-state index in [-0.39, 0.29) is 0 Å². The Hall–Kier alpha value is -2.27. The van der Waals surface area contributed by atoms with Crippen molar-refractivity contribution < 1.29 is 0 Å². The molecule has 0 saturated heterocycles. The van der Waals surface area contributed by atoms with Gasteiger partial charge >= 0.3 is 0 Å². The lowest BCUT2D eigenvalue weighted by molar-refractivity contribution is 0.623. The summed E-state index contributed by atoms with van der Waals surface area (Å²) in [6.07, 6.45) is 5.37. The standard InChI is InChI=1S/C14H13N5/c1-8-12-11(6-17-8)13(19-7-18-12)9-2-4-15-14-10(9)3-5-16-14/h2-5,7-8,17H,6H2,1H3,(H,15,16). The number of nitrogens with one attached hydrogen (secondary N) is 2. The van der Waals surface area contributed by atoms with Crippen LogP contribution in [0.4, 0.5) is 0 Å². The van der Waals surface area contributed by atoms with Crippen LogP contribution in [0.3, 0.4) is 0 Å². The van der Waals surface area contributed by atoms with Gasteiger partial charge in [-0.25, -0.2) is 15.0 Å². The first-order chi connectivity index (χ1) is 9.34. The molecule has 0 aromatic carbocycles. The molecule has 5 heteroatoms. The fourth-order valence-corrected chi connectivity index (χ4v) is 2.72. The van der Waals surface area contributed by atoms with Crippen molar-refractivity contribution in [1.29, 1.82) is 0 Å². The van der Waals surface area contributed by atoms with Crippen molar-refractivity contribution in [1.82, 2.24) is 25.3 Å². The van der Waals surface area contributed by atoms with Crippen molar-refractivity contribution in [2.24, 2.45) is 0 Å². The molecule has 0 amide bonds. The molecular weight excluding hydrogens is 238 g/mol. The summed E-state index contributed by atoms with van der Waals surface area (Å²) in [6, 6.07) is 4.35. The van der Waals surface area contributed by atoms with E-state index in [0.29, 0.717) is 6.04 Å². The predicted molar refractivity (Wildman–Crippen MR) is 72.4 cm³/mol. The summed E-state index contributed by atoms with van der Waals surface area (Å²) in [4.78, 5) is 16.3. The van der Waals surface area contributed by atoms with Crippen molar-refractivity contribution in [2.45, 2.75) is 19.5 Å². The van der Waals surface area contributed by atoms with Gasteiger partial charge in [0.25, 0.3) is 0 Å². The largest absolute Gasteiger partial charge is 0.346 e. The van der Waals surface area contributed by atoms with Gasteiger partial charge in [0, 0.05) is 41.5 Å². The Morgan fingerprint density at radius 2 is 2.16 bits per heavy atom. The second kappa shape index (κ2) is 3.86. The van der Waals surface area contributed by atoms with Crippen LogP contribution in [0.5, 0.6) is 0 Å². The molecule has 2 N–H and O–H groups in total. The lowest BCUT2D eigenvalue weighted by Crippen LogP contribution is -2.07. The average Bonchev–Trinajstić information content (AvgIpc) is 3.05. The number of nitrogens with zero attached hydrogens (tertiary/aromatic N) is 3. The molecule has 0 spiro atoms. The molecule has 0 saturated carbocycles. The van der Waals surface area contributed by atoms with Crippen LogP contribution < -0.4 is 5.32 Å². The Kier molecular flexibility index (Phi) is 2.16. The lowest BCUT2D eigenvalue weighted by Gasteiger charge is -2.08. The van der Waals surface area contributed by atoms with Crippen molar-refractivity contribution >= 4 is 11.0 Å². The highest BCUT2D eigenvalue weighted by Crippen LogP contribution is 2.33. The summed E-state index contributed by atoms with van der Waals surface area (Å²) >= 11 is 0. The van der Waals surface area contributed by atoms with E-state index in [4.69, 9.17) is 0 Å². The molecular formula is C14H13N5. The highest BCUT2D eigenvalue weighted by Gasteiger charge is 2.24. The first-order valence-corrected chi connectivity index (χ1v) is 6.34. The Morgan fingerprint density at radius 1 is 1.21 bits per heavy atom. The van der Waals surface area contributed by atoms with E-state index in [1.165, 1.54) is 5.56 Å². The number of aromatic nitrogens is 4. The third kappa shape index (κ3) is 1.48. The van der Waals surface area contributed by atoms with Crippen LogP contribution in [-0.2, 0) is 6.54 Å². The van der Waals surface area contributed by atoms with Crippen LogP contribution in [0.2, 0.25) is 0 Å². The Bertz CT molecular complexity index is 761. The van der Waals surface area contributed by atoms with Gasteiger partial charge < -0.3 is 10.3 Å². The molecule has 1 aliphatic rings. The number of hydrogen-bond acceptors (Lipinski definition) is 4. The molecule has 4 rings (SSSR count). The summed E-state index contributed by atoms with van der Waals surface area (Å²) in [5.41, 5.74) is 5.31. The normalized spacial score (nSPS) is 17.8. The molecule has 4 heterocycles. The predicted octanol–water partition coefficient (Wildman–Crippen LogP) is 2.18. The quantitative estimate of drug-likeness (QED) is 0.695. The molecule has 0 bridgehead atoms. The highest BCUT2D eigenvalue weighted by molar-refractivity contribution is 5.92. The van der Waals surface area contributed by atoms with Gasteiger partial charge in [0.1, 0.15) is 12.0 Å². The summed E-state index contributed by atoms with van der Waals surface area (Å²) in [5.74, 6) is 0. The number of pyridine rings is 1. The minimum Gasteiger partial charge on any atom is -0.346 e. The SMILES string of the molecule is CC1NCc2c(-c3ccnc4[nH]ccc34)ncnc21. The fourth-order valence-electron chi connectivity index (χ4n) is 2.72. The van der Waals surface area contributed by atoms with Gasteiger partial charge in [-0.3, -0.25) is 0 Å². The van der Waals surface area contributed by atoms with Crippen LogP contribution in [0, 0.1) is 0 Å². The van der Waals surface area contributed by atoms with Crippen LogP contribution in [0.1, 0.15) is 24.2 Å². The van der Waals surface area contributed by atoms with Gasteiger partial charge in [-0.1, -0.05) is 0 Å². The molecule has 5 nitrogen and oxygen atoms in total. The molecule has 0 fully saturated rings. The van der Waals surface area contributed by atoms with Gasteiger partial charge in [-0.15, -0.1) is 0 Å². The van der Waals surface area contributed by atoms with E-state index in [1.807, 2.05) is 24.5 Å². The minimum atomic E-state index is 0.292. The fraction of sp³-hybridized carbons (Fsp3) is 0.214. The topological polar surface area (TPSA) is 66.5 Å². The van der Waals surface area contributed by atoms with Gasteiger partial charge in [-0.05, 0) is 19.1 Å². The number of rotatable bonds is 1. The number of aromatic amines is 1. The van der Waals surface area contributed by atoms with E-state index in [2.05, 4.69) is 32.2 Å². The molecule has 0 aliphatic carbocycles. The van der Waals surface area contributed by atoms with E-state index >= 15 is 0 Å². The Morgan fingerprint density at radius 3 is 3.11 bits per heavy atom. The molecule has 1 aliphatic heterocycles. The smallest absolute Gasteiger partial charge is 0.137 e. The van der Waals surface area contributed by atoms with Gasteiger partial charge in [0.05, 0.1) is 11.4 Å². The Balaban J connectivity index is 2.01. The molecule has 3 aromatic heterocycles. The summed E-state index contributed by atoms with van der Waals surface area (Å²) < 4.78 is 0. The zero-order chi connectivity index (χ0) is 12.8. The van der Waals surface area contributed by atoms with Crippen LogP contribution in [0.25, 0.3) is 22.3 Å². The first-order valence-electron chi connectivity index (χ1n) is 6.34. The second-order valence-corrected chi connectivity index (χ2v) is 4.79. The number of H-pyrrole nitrogens is 1. The van der Waals surface area contributed by atoms with E-state index < -0.39 is 0 Å². The second-order valence-electron chi connectivity index (χ2n) is 4.79. The molecule has 1 atom stereocenters. The molecule has 0 radical (unpaired) electrons. The average molecular weight is 251 g/mol. The van der Waals surface area contributed by atoms with Crippen LogP contribution in [0.15, 0.2) is 30.9 Å². The maximum Gasteiger partial charge on any atom is 0.137 e. The third-order valence-electron chi connectivity index (χ3n) is 3.69.